The molecule has 0 spiro atoms. The summed E-state index contributed by atoms with van der Waals surface area (Å²) in [5.41, 5.74) is 21.1. The average molecular weight is 314 g/mol. The van der Waals surface area contributed by atoms with Crippen LogP contribution >= 0.6 is 0 Å². The third-order valence-corrected chi connectivity index (χ3v) is 4.65. The van der Waals surface area contributed by atoms with Crippen molar-refractivity contribution in [2.45, 2.75) is 74.9 Å². The molecule has 0 radical (unpaired) electrons. The van der Waals surface area contributed by atoms with E-state index in [1.54, 1.807) is 0 Å². The minimum absolute atomic E-state index is 0.417. The molecule has 0 aliphatic heterocycles. The zero-order chi connectivity index (χ0) is 16.4. The highest BCUT2D eigenvalue weighted by molar-refractivity contribution is 6.29. The van der Waals surface area contributed by atoms with Gasteiger partial charge in [0.2, 0.25) is 0 Å². The molecule has 4 atom stereocenters. The normalized spacial score (nSPS) is 39.1. The van der Waals surface area contributed by atoms with Gasteiger partial charge in [0.05, 0.1) is 12.1 Å². The monoisotopic (exact) mass is 314 g/mol. The van der Waals surface area contributed by atoms with Gasteiger partial charge in [-0.05, 0) is 25.7 Å². The van der Waals surface area contributed by atoms with Crippen molar-refractivity contribution in [3.8, 4) is 0 Å². The first-order valence-electron chi connectivity index (χ1n) is 7.82. The summed E-state index contributed by atoms with van der Waals surface area (Å²) in [7, 11) is 0. The first kappa shape index (κ1) is 17.1. The van der Waals surface area contributed by atoms with Gasteiger partial charge in [0.25, 0.3) is 0 Å². The van der Waals surface area contributed by atoms with Crippen LogP contribution in [0.2, 0.25) is 0 Å². The van der Waals surface area contributed by atoms with Gasteiger partial charge < -0.3 is 20.9 Å². The Labute approximate surface area is 129 Å². The molecule has 0 bridgehead atoms. The van der Waals surface area contributed by atoms with Gasteiger partial charge in [0, 0.05) is 12.8 Å². The lowest BCUT2D eigenvalue weighted by atomic mass is 9.87. The molecule has 0 amide bonds. The highest BCUT2D eigenvalue weighted by atomic mass is 16.6. The van der Waals surface area contributed by atoms with Crippen molar-refractivity contribution in [2.24, 2.45) is 22.9 Å². The standard InChI is InChI=1S/C14H26N4O4/c15-9-5-1-3-7-13(9,17)21-11(19)12(20)22-14(18)8-4-2-6-10(14)16/h9-10H,1-8,15-18H2. The number of rotatable bonds is 2. The average Bonchev–Trinajstić information content (AvgIpc) is 2.45. The lowest BCUT2D eigenvalue weighted by Crippen LogP contribution is -2.62. The zero-order valence-corrected chi connectivity index (χ0v) is 12.8. The Morgan fingerprint density at radius 2 is 1.14 bits per heavy atom. The summed E-state index contributed by atoms with van der Waals surface area (Å²) >= 11 is 0. The molecule has 2 saturated carbocycles. The molecular formula is C14H26N4O4. The molecule has 8 N–H and O–H groups in total. The van der Waals surface area contributed by atoms with Crippen LogP contribution in [0.3, 0.4) is 0 Å². The van der Waals surface area contributed by atoms with Crippen LogP contribution < -0.4 is 22.9 Å². The first-order valence-corrected chi connectivity index (χ1v) is 7.82. The molecule has 4 unspecified atom stereocenters. The second-order valence-electron chi connectivity index (χ2n) is 6.39. The van der Waals surface area contributed by atoms with Gasteiger partial charge in [-0.1, -0.05) is 12.8 Å². The Morgan fingerprint density at radius 3 is 1.45 bits per heavy atom. The fourth-order valence-electron chi connectivity index (χ4n) is 3.07. The van der Waals surface area contributed by atoms with Crippen LogP contribution in [0.1, 0.15) is 51.4 Å². The maximum atomic E-state index is 12.0. The van der Waals surface area contributed by atoms with Crippen molar-refractivity contribution >= 4 is 11.9 Å². The van der Waals surface area contributed by atoms with E-state index in [1.807, 2.05) is 0 Å². The number of hydrogen-bond acceptors (Lipinski definition) is 8. The molecule has 2 rings (SSSR count). The molecule has 0 aromatic rings. The lowest BCUT2D eigenvalue weighted by Gasteiger charge is -2.39. The number of ether oxygens (including phenoxy) is 2. The molecule has 126 valence electrons. The van der Waals surface area contributed by atoms with Crippen molar-refractivity contribution < 1.29 is 19.1 Å². The topological polar surface area (TPSA) is 157 Å². The lowest BCUT2D eigenvalue weighted by molar-refractivity contribution is -0.191. The van der Waals surface area contributed by atoms with Gasteiger partial charge in [0.15, 0.2) is 11.4 Å². The van der Waals surface area contributed by atoms with E-state index in [-0.39, 0.29) is 0 Å². The van der Waals surface area contributed by atoms with E-state index >= 15 is 0 Å². The van der Waals surface area contributed by atoms with Crippen LogP contribution in [-0.4, -0.2) is 35.5 Å². The second-order valence-corrected chi connectivity index (χ2v) is 6.39. The first-order chi connectivity index (χ1) is 10.3. The van der Waals surface area contributed by atoms with Gasteiger partial charge in [-0.3, -0.25) is 11.5 Å². The molecular weight excluding hydrogens is 288 g/mol. The molecule has 0 heterocycles. The van der Waals surface area contributed by atoms with E-state index in [0.717, 1.165) is 25.7 Å². The Morgan fingerprint density at radius 1 is 0.773 bits per heavy atom. The zero-order valence-electron chi connectivity index (χ0n) is 12.8. The van der Waals surface area contributed by atoms with Gasteiger partial charge >= 0.3 is 11.9 Å². The molecule has 8 heteroatoms. The molecule has 0 saturated heterocycles. The van der Waals surface area contributed by atoms with E-state index < -0.39 is 35.5 Å². The van der Waals surface area contributed by atoms with Crippen LogP contribution in [0.25, 0.3) is 0 Å². The number of carbonyl (C=O) groups excluding carboxylic acids is 2. The number of carbonyl (C=O) groups is 2. The van der Waals surface area contributed by atoms with E-state index in [1.165, 1.54) is 0 Å². The molecule has 8 nitrogen and oxygen atoms in total. The quantitative estimate of drug-likeness (QED) is 0.292. The van der Waals surface area contributed by atoms with Crippen LogP contribution in [0, 0.1) is 0 Å². The summed E-state index contributed by atoms with van der Waals surface area (Å²) in [6.45, 7) is 0. The van der Waals surface area contributed by atoms with E-state index in [4.69, 9.17) is 32.4 Å². The van der Waals surface area contributed by atoms with Crippen molar-refractivity contribution in [1.82, 2.24) is 0 Å². The molecule has 0 aromatic heterocycles. The van der Waals surface area contributed by atoms with Crippen molar-refractivity contribution in [3.63, 3.8) is 0 Å². The third kappa shape index (κ3) is 3.57. The van der Waals surface area contributed by atoms with Crippen molar-refractivity contribution in [3.05, 3.63) is 0 Å². The second kappa shape index (κ2) is 6.49. The number of hydrogen-bond donors (Lipinski definition) is 4. The summed E-state index contributed by atoms with van der Waals surface area (Å²) in [6.07, 6.45) is 5.54. The van der Waals surface area contributed by atoms with Gasteiger partial charge in [-0.15, -0.1) is 0 Å². The number of esters is 2. The Balaban J connectivity index is 1.96. The Hall–Kier alpha value is -1.22. The highest BCUT2D eigenvalue weighted by Crippen LogP contribution is 2.28. The fourth-order valence-corrected chi connectivity index (χ4v) is 3.07. The molecule has 2 aliphatic rings. The van der Waals surface area contributed by atoms with Crippen molar-refractivity contribution in [1.29, 1.82) is 0 Å². The maximum absolute atomic E-state index is 12.0. The summed E-state index contributed by atoms with van der Waals surface area (Å²) in [6, 6.07) is -0.997. The number of nitrogens with two attached hydrogens (primary N) is 4. The van der Waals surface area contributed by atoms with Crippen molar-refractivity contribution in [2.75, 3.05) is 0 Å². The van der Waals surface area contributed by atoms with E-state index in [2.05, 4.69) is 0 Å². The molecule has 2 fully saturated rings. The minimum atomic E-state index is -1.33. The Kier molecular flexibility index (Phi) is 5.06. The smallest absolute Gasteiger partial charge is 0.419 e. The van der Waals surface area contributed by atoms with Crippen LogP contribution in [0.15, 0.2) is 0 Å². The van der Waals surface area contributed by atoms with Crippen LogP contribution in [0.5, 0.6) is 0 Å². The third-order valence-electron chi connectivity index (χ3n) is 4.65. The van der Waals surface area contributed by atoms with Gasteiger partial charge in [-0.25, -0.2) is 9.59 Å². The maximum Gasteiger partial charge on any atom is 0.419 e. The summed E-state index contributed by atoms with van der Waals surface area (Å²) in [5, 5.41) is 0. The highest BCUT2D eigenvalue weighted by Gasteiger charge is 2.44. The van der Waals surface area contributed by atoms with Gasteiger partial charge in [0.1, 0.15) is 0 Å². The van der Waals surface area contributed by atoms with Gasteiger partial charge in [-0.2, -0.15) is 0 Å². The van der Waals surface area contributed by atoms with Crippen LogP contribution in [0.4, 0.5) is 0 Å². The Bertz CT molecular complexity index is 407. The summed E-state index contributed by atoms with van der Waals surface area (Å²) in [5.74, 6) is -2.33. The predicted octanol–water partition coefficient (Wildman–Crippen LogP) is -0.815. The largest absolute Gasteiger partial charge is 0.434 e. The van der Waals surface area contributed by atoms with E-state index in [9.17, 15) is 9.59 Å². The fraction of sp³-hybridized carbons (Fsp3) is 0.857. The minimum Gasteiger partial charge on any atom is -0.434 e. The van der Waals surface area contributed by atoms with E-state index in [0.29, 0.717) is 25.7 Å². The SMILES string of the molecule is NC1CCCCC1(N)OC(=O)C(=O)OC1(N)CCCCC1N. The molecule has 22 heavy (non-hydrogen) atoms. The van der Waals surface area contributed by atoms with Crippen LogP contribution in [-0.2, 0) is 19.1 Å². The molecule has 2 aliphatic carbocycles. The summed E-state index contributed by atoms with van der Waals surface area (Å²) < 4.78 is 10.2. The predicted molar refractivity (Wildman–Crippen MR) is 78.9 cm³/mol. The molecule has 0 aromatic carbocycles. The summed E-state index contributed by atoms with van der Waals surface area (Å²) in [4.78, 5) is 23.9.